The van der Waals surface area contributed by atoms with Crippen molar-refractivity contribution in [2.24, 2.45) is 0 Å². The highest BCUT2D eigenvalue weighted by Gasteiger charge is 2.35. The quantitative estimate of drug-likeness (QED) is 0.523. The van der Waals surface area contributed by atoms with Crippen LogP contribution in [0.5, 0.6) is 5.75 Å². The maximum Gasteiger partial charge on any atom is 0.323 e. The molecule has 4 rings (SSSR count). The summed E-state index contributed by atoms with van der Waals surface area (Å²) >= 11 is 6.17. The zero-order valence-corrected chi connectivity index (χ0v) is 19.7. The second-order valence-corrected chi connectivity index (χ2v) is 10.7. The van der Waals surface area contributed by atoms with Crippen LogP contribution in [0.25, 0.3) is 10.9 Å². The van der Waals surface area contributed by atoms with E-state index in [0.717, 1.165) is 22.5 Å². The molecule has 0 spiro atoms. The fraction of sp³-hybridized carbons (Fsp3) is 0.348. The van der Waals surface area contributed by atoms with Gasteiger partial charge in [0.15, 0.2) is 11.6 Å². The molecular weight excluding hydrogens is 471 g/mol. The molecule has 7 nitrogen and oxygen atoms in total. The number of hydrogen-bond acceptors (Lipinski definition) is 4. The van der Waals surface area contributed by atoms with Crippen LogP contribution in [-0.2, 0) is 21.4 Å². The van der Waals surface area contributed by atoms with E-state index >= 15 is 0 Å². The Labute approximate surface area is 196 Å². The lowest BCUT2D eigenvalue weighted by Gasteiger charge is -2.18. The Morgan fingerprint density at radius 1 is 1.27 bits per heavy atom. The number of carboxylic acids is 1. The van der Waals surface area contributed by atoms with Crippen molar-refractivity contribution >= 4 is 38.5 Å². The van der Waals surface area contributed by atoms with Gasteiger partial charge in [-0.25, -0.2) is 12.8 Å². The summed E-state index contributed by atoms with van der Waals surface area (Å²) in [6.07, 6.45) is 2.07. The molecule has 10 heteroatoms. The number of halogens is 2. The van der Waals surface area contributed by atoms with Crippen LogP contribution in [0.2, 0.25) is 5.02 Å². The predicted octanol–water partition coefficient (Wildman–Crippen LogP) is 4.48. The number of nitrogens with zero attached hydrogens (tertiary/aromatic N) is 2. The van der Waals surface area contributed by atoms with E-state index in [0.29, 0.717) is 11.4 Å². The van der Waals surface area contributed by atoms with Crippen LogP contribution < -0.4 is 4.74 Å². The van der Waals surface area contributed by atoms with Gasteiger partial charge >= 0.3 is 5.97 Å². The normalized spacial score (nSPS) is 17.2. The summed E-state index contributed by atoms with van der Waals surface area (Å²) in [7, 11) is -3.91. The SMILES string of the molecule is CC(C)Oc1ccc(S(=O)(=O)N2CCC(c3cn(CC(=O)O)c4ccc(Cl)cc34)C2)cc1F. The lowest BCUT2D eigenvalue weighted by molar-refractivity contribution is -0.137. The number of benzene rings is 2. The molecule has 0 amide bonds. The highest BCUT2D eigenvalue weighted by Crippen LogP contribution is 2.37. The van der Waals surface area contributed by atoms with Gasteiger partial charge in [-0.05, 0) is 62.2 Å². The monoisotopic (exact) mass is 494 g/mol. The number of aromatic nitrogens is 1. The van der Waals surface area contributed by atoms with Crippen molar-refractivity contribution in [1.29, 1.82) is 0 Å². The molecule has 1 atom stereocenters. The highest BCUT2D eigenvalue weighted by molar-refractivity contribution is 7.89. The van der Waals surface area contributed by atoms with E-state index in [1.54, 1.807) is 42.8 Å². The van der Waals surface area contributed by atoms with Gasteiger partial charge in [0.1, 0.15) is 6.54 Å². The summed E-state index contributed by atoms with van der Waals surface area (Å²) in [6.45, 7) is 3.78. The van der Waals surface area contributed by atoms with Crippen LogP contribution in [0.3, 0.4) is 0 Å². The lowest BCUT2D eigenvalue weighted by Crippen LogP contribution is -2.28. The van der Waals surface area contributed by atoms with Gasteiger partial charge in [-0.2, -0.15) is 4.31 Å². The van der Waals surface area contributed by atoms with Gasteiger partial charge in [0.05, 0.1) is 11.0 Å². The van der Waals surface area contributed by atoms with Crippen molar-refractivity contribution in [1.82, 2.24) is 8.87 Å². The molecule has 3 aromatic rings. The van der Waals surface area contributed by atoms with E-state index in [-0.39, 0.29) is 42.3 Å². The van der Waals surface area contributed by atoms with E-state index in [1.165, 1.54) is 16.4 Å². The molecule has 1 fully saturated rings. The van der Waals surface area contributed by atoms with Crippen molar-refractivity contribution in [2.45, 2.75) is 43.7 Å². The van der Waals surface area contributed by atoms with Crippen LogP contribution in [0, 0.1) is 5.82 Å². The molecule has 1 aliphatic heterocycles. The third kappa shape index (κ3) is 4.71. The first-order valence-electron chi connectivity index (χ1n) is 10.5. The molecule has 1 aromatic heterocycles. The average molecular weight is 495 g/mol. The van der Waals surface area contributed by atoms with Gasteiger partial charge in [0, 0.05) is 41.1 Å². The molecule has 2 heterocycles. The van der Waals surface area contributed by atoms with Crippen LogP contribution >= 0.6 is 11.6 Å². The molecule has 1 aliphatic rings. The molecule has 0 saturated carbocycles. The minimum absolute atomic E-state index is 0.00590. The Morgan fingerprint density at radius 3 is 2.70 bits per heavy atom. The highest BCUT2D eigenvalue weighted by atomic mass is 35.5. The van der Waals surface area contributed by atoms with E-state index in [1.807, 2.05) is 0 Å². The van der Waals surface area contributed by atoms with Crippen molar-refractivity contribution in [2.75, 3.05) is 13.1 Å². The lowest BCUT2D eigenvalue weighted by atomic mass is 9.98. The number of fused-ring (bicyclic) bond motifs is 1. The first-order valence-corrected chi connectivity index (χ1v) is 12.3. The smallest absolute Gasteiger partial charge is 0.323 e. The Kier molecular flexibility index (Phi) is 6.39. The second kappa shape index (κ2) is 8.96. The number of hydrogen-bond donors (Lipinski definition) is 1. The van der Waals surface area contributed by atoms with Gasteiger partial charge < -0.3 is 14.4 Å². The van der Waals surface area contributed by atoms with Crippen LogP contribution in [0.4, 0.5) is 4.39 Å². The molecule has 1 saturated heterocycles. The molecule has 33 heavy (non-hydrogen) atoms. The van der Waals surface area contributed by atoms with E-state index in [2.05, 4.69) is 0 Å². The first-order chi connectivity index (χ1) is 15.6. The number of aliphatic carboxylic acids is 1. The second-order valence-electron chi connectivity index (χ2n) is 8.38. The van der Waals surface area contributed by atoms with Crippen molar-refractivity contribution in [3.63, 3.8) is 0 Å². The molecule has 0 bridgehead atoms. The van der Waals surface area contributed by atoms with Gasteiger partial charge in [0.25, 0.3) is 0 Å². The minimum Gasteiger partial charge on any atom is -0.488 e. The number of ether oxygens (including phenoxy) is 1. The van der Waals surface area contributed by atoms with Crippen molar-refractivity contribution in [3.05, 3.63) is 59.0 Å². The van der Waals surface area contributed by atoms with E-state index in [4.69, 9.17) is 16.3 Å². The molecule has 1 unspecified atom stereocenters. The molecule has 2 aromatic carbocycles. The largest absolute Gasteiger partial charge is 0.488 e. The zero-order valence-electron chi connectivity index (χ0n) is 18.2. The zero-order chi connectivity index (χ0) is 23.9. The third-order valence-corrected chi connectivity index (χ3v) is 7.77. The summed E-state index contributed by atoms with van der Waals surface area (Å²) in [5.41, 5.74) is 1.57. The fourth-order valence-electron chi connectivity index (χ4n) is 4.24. The van der Waals surface area contributed by atoms with Crippen LogP contribution in [0.1, 0.15) is 31.7 Å². The summed E-state index contributed by atoms with van der Waals surface area (Å²) in [5.74, 6) is -1.85. The number of carboxylic acid groups (broad SMARTS) is 1. The molecule has 1 N–H and O–H groups in total. The summed E-state index contributed by atoms with van der Waals surface area (Å²) in [6, 6.07) is 8.89. The summed E-state index contributed by atoms with van der Waals surface area (Å²) < 4.78 is 49.1. The van der Waals surface area contributed by atoms with Gasteiger partial charge in [-0.15, -0.1) is 0 Å². The Balaban J connectivity index is 1.62. The Hall–Kier alpha value is -2.62. The van der Waals surface area contributed by atoms with Crippen LogP contribution in [0.15, 0.2) is 47.5 Å². The molecule has 176 valence electrons. The van der Waals surface area contributed by atoms with Gasteiger partial charge in [0.2, 0.25) is 10.0 Å². The maximum atomic E-state index is 14.4. The molecule has 0 aliphatic carbocycles. The average Bonchev–Trinajstić information content (AvgIpc) is 3.34. The maximum absolute atomic E-state index is 14.4. The third-order valence-electron chi connectivity index (χ3n) is 5.67. The standard InChI is InChI=1S/C23H24ClFN2O5S/c1-14(2)32-22-6-4-17(10-20(22)25)33(30,31)27-8-7-15(11-27)19-12-26(13-23(28)29)21-5-3-16(24)9-18(19)21/h3-6,9-10,12,14-15H,7-8,11,13H2,1-2H3,(H,28,29). The first kappa shape index (κ1) is 23.5. The van der Waals surface area contributed by atoms with E-state index in [9.17, 15) is 22.7 Å². The molecule has 0 radical (unpaired) electrons. The minimum atomic E-state index is -3.91. The Morgan fingerprint density at radius 2 is 2.03 bits per heavy atom. The van der Waals surface area contributed by atoms with E-state index < -0.39 is 21.8 Å². The van der Waals surface area contributed by atoms with Gasteiger partial charge in [-0.1, -0.05) is 11.6 Å². The number of rotatable bonds is 7. The summed E-state index contributed by atoms with van der Waals surface area (Å²) in [4.78, 5) is 11.2. The molecular formula is C23H24ClFN2O5S. The number of carbonyl (C=O) groups is 1. The predicted molar refractivity (Wildman–Crippen MR) is 123 cm³/mol. The van der Waals surface area contributed by atoms with Crippen molar-refractivity contribution < 1.29 is 27.4 Å². The van der Waals surface area contributed by atoms with Gasteiger partial charge in [-0.3, -0.25) is 4.79 Å². The summed E-state index contributed by atoms with van der Waals surface area (Å²) in [5, 5.41) is 10.6. The Bertz CT molecular complexity index is 1320. The van der Waals surface area contributed by atoms with Crippen molar-refractivity contribution in [3.8, 4) is 5.75 Å². The topological polar surface area (TPSA) is 88.8 Å². The van der Waals surface area contributed by atoms with Crippen LogP contribution in [-0.4, -0.2) is 47.6 Å². The fourth-order valence-corrected chi connectivity index (χ4v) is 5.92. The number of sulfonamides is 1.